The first-order valence-electron chi connectivity index (χ1n) is 6.12. The largest absolute Gasteiger partial charge is 0.419 e. The molecule has 94 valence electrons. The van der Waals surface area contributed by atoms with Gasteiger partial charge in [0.05, 0.1) is 12.7 Å². The molecule has 0 bridgehead atoms. The van der Waals surface area contributed by atoms with Gasteiger partial charge in [-0.05, 0) is 5.56 Å². The van der Waals surface area contributed by atoms with E-state index in [1.807, 2.05) is 60.7 Å². The molecular formula is C16H13NO2. The Morgan fingerprint density at radius 2 is 1.53 bits per heavy atom. The van der Waals surface area contributed by atoms with Crippen molar-refractivity contribution in [3.05, 3.63) is 83.0 Å². The van der Waals surface area contributed by atoms with E-state index in [-0.39, 0.29) is 5.76 Å². The topological polar surface area (TPSA) is 35.1 Å². The summed E-state index contributed by atoms with van der Waals surface area (Å²) in [6.45, 7) is 0.524. The van der Waals surface area contributed by atoms with Gasteiger partial charge in [0, 0.05) is 5.56 Å². The van der Waals surface area contributed by atoms with Gasteiger partial charge in [0.15, 0.2) is 5.76 Å². The third-order valence-corrected chi connectivity index (χ3v) is 2.96. The first kappa shape index (κ1) is 11.5. The van der Waals surface area contributed by atoms with Gasteiger partial charge < -0.3 is 4.42 Å². The van der Waals surface area contributed by atoms with E-state index in [1.165, 1.54) is 0 Å². The number of nitrogens with zero attached hydrogens (tertiary/aromatic N) is 1. The third kappa shape index (κ3) is 2.50. The SMILES string of the molecule is O=c1oc(-c2ccccc2)cn1Cc1ccccc1. The summed E-state index contributed by atoms with van der Waals surface area (Å²) in [5.41, 5.74) is 1.98. The van der Waals surface area contributed by atoms with Gasteiger partial charge in [0.2, 0.25) is 0 Å². The molecule has 0 unspecified atom stereocenters. The Hall–Kier alpha value is -2.55. The van der Waals surface area contributed by atoms with Crippen LogP contribution in [0.5, 0.6) is 0 Å². The van der Waals surface area contributed by atoms with Crippen molar-refractivity contribution < 1.29 is 4.42 Å². The zero-order valence-corrected chi connectivity index (χ0v) is 10.3. The van der Waals surface area contributed by atoms with Crippen LogP contribution in [0.15, 0.2) is 76.1 Å². The van der Waals surface area contributed by atoms with Crippen LogP contribution in [0.25, 0.3) is 11.3 Å². The Labute approximate surface area is 110 Å². The molecule has 3 nitrogen and oxygen atoms in total. The van der Waals surface area contributed by atoms with Crippen LogP contribution in [-0.4, -0.2) is 4.57 Å². The van der Waals surface area contributed by atoms with E-state index < -0.39 is 0 Å². The second-order valence-electron chi connectivity index (χ2n) is 4.34. The van der Waals surface area contributed by atoms with E-state index in [0.29, 0.717) is 12.3 Å². The summed E-state index contributed by atoms with van der Waals surface area (Å²) in [7, 11) is 0. The average molecular weight is 251 g/mol. The smallest absolute Gasteiger partial charge is 0.408 e. The van der Waals surface area contributed by atoms with E-state index in [1.54, 1.807) is 10.8 Å². The minimum absolute atomic E-state index is 0.331. The quantitative estimate of drug-likeness (QED) is 0.716. The molecule has 3 aromatic rings. The number of oxazole rings is 1. The van der Waals surface area contributed by atoms with Crippen molar-refractivity contribution in [3.8, 4) is 11.3 Å². The summed E-state index contributed by atoms with van der Waals surface area (Å²) < 4.78 is 6.86. The molecule has 0 radical (unpaired) electrons. The highest BCUT2D eigenvalue weighted by Crippen LogP contribution is 2.17. The van der Waals surface area contributed by atoms with Crippen molar-refractivity contribution in [2.45, 2.75) is 6.54 Å². The third-order valence-electron chi connectivity index (χ3n) is 2.96. The monoisotopic (exact) mass is 251 g/mol. The first-order chi connectivity index (χ1) is 9.33. The minimum atomic E-state index is -0.331. The Morgan fingerprint density at radius 3 is 2.21 bits per heavy atom. The Bertz CT molecular complexity index is 711. The summed E-state index contributed by atoms with van der Waals surface area (Å²) in [5, 5.41) is 0. The summed E-state index contributed by atoms with van der Waals surface area (Å²) >= 11 is 0. The lowest BCUT2D eigenvalue weighted by Crippen LogP contribution is -2.13. The molecule has 19 heavy (non-hydrogen) atoms. The highest BCUT2D eigenvalue weighted by atomic mass is 16.4. The first-order valence-corrected chi connectivity index (χ1v) is 6.12. The lowest BCUT2D eigenvalue weighted by molar-refractivity contribution is 0.497. The van der Waals surface area contributed by atoms with E-state index in [4.69, 9.17) is 4.42 Å². The molecule has 0 fully saturated rings. The number of hydrogen-bond acceptors (Lipinski definition) is 2. The number of rotatable bonds is 3. The van der Waals surface area contributed by atoms with E-state index >= 15 is 0 Å². The fraction of sp³-hybridized carbons (Fsp3) is 0.0625. The predicted octanol–water partition coefficient (Wildman–Crippen LogP) is 3.16. The zero-order valence-electron chi connectivity index (χ0n) is 10.3. The maximum Gasteiger partial charge on any atom is 0.419 e. The van der Waals surface area contributed by atoms with Crippen molar-refractivity contribution in [2.75, 3.05) is 0 Å². The molecule has 0 spiro atoms. The molecule has 1 heterocycles. The van der Waals surface area contributed by atoms with Crippen molar-refractivity contribution in [2.24, 2.45) is 0 Å². The molecular weight excluding hydrogens is 238 g/mol. The molecule has 0 saturated heterocycles. The predicted molar refractivity (Wildman–Crippen MR) is 73.9 cm³/mol. The number of hydrogen-bond donors (Lipinski definition) is 0. The van der Waals surface area contributed by atoms with Crippen LogP contribution in [-0.2, 0) is 6.54 Å². The fourth-order valence-electron chi connectivity index (χ4n) is 2.00. The molecule has 2 aromatic carbocycles. The fourth-order valence-corrected chi connectivity index (χ4v) is 2.00. The van der Waals surface area contributed by atoms with Crippen molar-refractivity contribution >= 4 is 0 Å². The molecule has 1 aromatic heterocycles. The van der Waals surface area contributed by atoms with Gasteiger partial charge in [-0.15, -0.1) is 0 Å². The van der Waals surface area contributed by atoms with Crippen LogP contribution in [0.3, 0.4) is 0 Å². The van der Waals surface area contributed by atoms with Crippen molar-refractivity contribution in [1.82, 2.24) is 4.57 Å². The van der Waals surface area contributed by atoms with Gasteiger partial charge in [0.1, 0.15) is 0 Å². The van der Waals surface area contributed by atoms with E-state index in [2.05, 4.69) is 0 Å². The minimum Gasteiger partial charge on any atom is -0.408 e. The summed E-state index contributed by atoms with van der Waals surface area (Å²) in [6.07, 6.45) is 1.75. The average Bonchev–Trinajstić information content (AvgIpc) is 2.82. The number of aromatic nitrogens is 1. The number of benzene rings is 2. The Balaban J connectivity index is 1.93. The van der Waals surface area contributed by atoms with Gasteiger partial charge in [-0.3, -0.25) is 4.57 Å². The van der Waals surface area contributed by atoms with Crippen LogP contribution in [0.2, 0.25) is 0 Å². The molecule has 0 aliphatic carbocycles. The summed E-state index contributed by atoms with van der Waals surface area (Å²) in [4.78, 5) is 11.8. The zero-order chi connectivity index (χ0) is 13.1. The van der Waals surface area contributed by atoms with E-state index in [9.17, 15) is 4.79 Å². The second kappa shape index (κ2) is 4.98. The van der Waals surface area contributed by atoms with Crippen LogP contribution >= 0.6 is 0 Å². The molecule has 0 N–H and O–H groups in total. The van der Waals surface area contributed by atoms with Gasteiger partial charge in [0.25, 0.3) is 0 Å². The summed E-state index contributed by atoms with van der Waals surface area (Å²) in [6, 6.07) is 19.5. The Kier molecular flexibility index (Phi) is 3.02. The molecule has 3 rings (SSSR count). The molecule has 3 heteroatoms. The van der Waals surface area contributed by atoms with Crippen LogP contribution in [0, 0.1) is 0 Å². The molecule has 0 saturated carbocycles. The maximum absolute atomic E-state index is 11.8. The van der Waals surface area contributed by atoms with Gasteiger partial charge in [-0.2, -0.15) is 0 Å². The lowest BCUT2D eigenvalue weighted by atomic mass is 10.2. The van der Waals surface area contributed by atoms with Gasteiger partial charge >= 0.3 is 5.76 Å². The lowest BCUT2D eigenvalue weighted by Gasteiger charge is -1.99. The van der Waals surface area contributed by atoms with Crippen LogP contribution < -0.4 is 5.76 Å². The molecule has 0 aliphatic rings. The van der Waals surface area contributed by atoms with Crippen LogP contribution in [0.4, 0.5) is 0 Å². The van der Waals surface area contributed by atoms with Gasteiger partial charge in [-0.25, -0.2) is 4.79 Å². The Morgan fingerprint density at radius 1 is 0.895 bits per heavy atom. The normalized spacial score (nSPS) is 10.5. The highest BCUT2D eigenvalue weighted by Gasteiger charge is 2.07. The molecule has 0 aliphatic heterocycles. The standard InChI is InChI=1S/C16H13NO2/c18-16-17(11-13-7-3-1-4-8-13)12-15(19-16)14-9-5-2-6-10-14/h1-10,12H,11H2. The van der Waals surface area contributed by atoms with Crippen molar-refractivity contribution in [3.63, 3.8) is 0 Å². The highest BCUT2D eigenvalue weighted by molar-refractivity contribution is 5.55. The van der Waals surface area contributed by atoms with Crippen molar-refractivity contribution in [1.29, 1.82) is 0 Å². The van der Waals surface area contributed by atoms with E-state index in [0.717, 1.165) is 11.1 Å². The molecule has 0 atom stereocenters. The van der Waals surface area contributed by atoms with Gasteiger partial charge in [-0.1, -0.05) is 60.7 Å². The maximum atomic E-state index is 11.8. The molecule has 0 amide bonds. The second-order valence-corrected chi connectivity index (χ2v) is 4.34. The van der Waals surface area contributed by atoms with Crippen LogP contribution in [0.1, 0.15) is 5.56 Å². The summed E-state index contributed by atoms with van der Waals surface area (Å²) in [5.74, 6) is 0.268.